The Morgan fingerprint density at radius 1 is 1.19 bits per heavy atom. The van der Waals surface area contributed by atoms with Gasteiger partial charge in [-0.05, 0) is 47.8 Å². The molecule has 0 aliphatic carbocycles. The molecule has 0 saturated carbocycles. The van der Waals surface area contributed by atoms with Gasteiger partial charge in [-0.1, -0.05) is 12.1 Å². The number of phenolic OH excluding ortho intramolecular Hbond substituents is 1. The zero-order valence-corrected chi connectivity index (χ0v) is 10.8. The van der Waals surface area contributed by atoms with Crippen LogP contribution in [0.15, 0.2) is 22.7 Å². The maximum atomic E-state index is 9.72. The second-order valence-corrected chi connectivity index (χ2v) is 4.56. The van der Waals surface area contributed by atoms with E-state index in [1.54, 1.807) is 0 Å². The lowest BCUT2D eigenvalue weighted by Crippen LogP contribution is -2.14. The summed E-state index contributed by atoms with van der Waals surface area (Å²) in [4.78, 5) is 0. The highest BCUT2D eigenvalue weighted by atomic mass is 79.9. The first-order chi connectivity index (χ1) is 7.75. The van der Waals surface area contributed by atoms with E-state index < -0.39 is 0 Å². The van der Waals surface area contributed by atoms with Gasteiger partial charge in [0.25, 0.3) is 0 Å². The molecule has 0 aromatic heterocycles. The van der Waals surface area contributed by atoms with Crippen LogP contribution in [0.4, 0.5) is 0 Å². The Balaban J connectivity index is 2.24. The molecule has 1 aromatic carbocycles. The van der Waals surface area contributed by atoms with Crippen LogP contribution in [0.5, 0.6) is 5.75 Å². The van der Waals surface area contributed by atoms with Gasteiger partial charge in [-0.2, -0.15) is 0 Å². The summed E-state index contributed by atoms with van der Waals surface area (Å²) in [6.45, 7) is 1.85. The van der Waals surface area contributed by atoms with Crippen molar-refractivity contribution in [3.63, 3.8) is 0 Å². The average molecular weight is 288 g/mol. The third-order valence-corrected chi connectivity index (χ3v) is 3.04. The van der Waals surface area contributed by atoms with Crippen molar-refractivity contribution in [1.82, 2.24) is 5.32 Å². The van der Waals surface area contributed by atoms with Gasteiger partial charge in [0.2, 0.25) is 0 Å². The van der Waals surface area contributed by atoms with Crippen LogP contribution in [0.3, 0.4) is 0 Å². The Hall–Kier alpha value is -0.580. The molecule has 0 bridgehead atoms. The molecule has 0 saturated heterocycles. The highest BCUT2D eigenvalue weighted by Gasteiger charge is 2.03. The molecule has 0 unspecified atom stereocenters. The lowest BCUT2D eigenvalue weighted by atomic mass is 10.2. The number of hydrogen-bond donors (Lipinski definition) is 3. The van der Waals surface area contributed by atoms with Crippen LogP contribution < -0.4 is 5.32 Å². The summed E-state index contributed by atoms with van der Waals surface area (Å²) in [5.41, 5.74) is 0.900. The fraction of sp³-hybridized carbons (Fsp3) is 0.500. The number of aliphatic hydroxyl groups is 1. The molecular weight excluding hydrogens is 270 g/mol. The second kappa shape index (κ2) is 7.65. The molecule has 0 atom stereocenters. The van der Waals surface area contributed by atoms with Crippen molar-refractivity contribution in [1.29, 1.82) is 0 Å². The van der Waals surface area contributed by atoms with Gasteiger partial charge in [-0.15, -0.1) is 0 Å². The molecule has 3 nitrogen and oxygen atoms in total. The van der Waals surface area contributed by atoms with Crippen molar-refractivity contribution in [3.8, 4) is 5.75 Å². The van der Waals surface area contributed by atoms with Crippen LogP contribution >= 0.6 is 15.9 Å². The maximum Gasteiger partial charge on any atom is 0.134 e. The molecule has 0 amide bonds. The average Bonchev–Trinajstić information content (AvgIpc) is 2.29. The second-order valence-electron chi connectivity index (χ2n) is 3.71. The molecule has 4 heteroatoms. The van der Waals surface area contributed by atoms with E-state index in [9.17, 15) is 5.11 Å². The first kappa shape index (κ1) is 13.5. The monoisotopic (exact) mass is 287 g/mol. The number of para-hydroxylation sites is 1. The van der Waals surface area contributed by atoms with Gasteiger partial charge in [-0.25, -0.2) is 0 Å². The minimum atomic E-state index is 0.270. The van der Waals surface area contributed by atoms with Gasteiger partial charge >= 0.3 is 0 Å². The van der Waals surface area contributed by atoms with Crippen LogP contribution in [0.25, 0.3) is 0 Å². The standard InChI is InChI=1S/C12H18BrNO2/c13-11-6-4-5-10(12(11)16)9-14-7-2-1-3-8-15/h4-6,14-16H,1-3,7-9H2. The van der Waals surface area contributed by atoms with Gasteiger partial charge in [0, 0.05) is 18.7 Å². The third-order valence-electron chi connectivity index (χ3n) is 2.40. The van der Waals surface area contributed by atoms with Crippen LogP contribution in [0.2, 0.25) is 0 Å². The Morgan fingerprint density at radius 2 is 2.00 bits per heavy atom. The van der Waals surface area contributed by atoms with Gasteiger partial charge in [0.1, 0.15) is 5.75 Å². The third kappa shape index (κ3) is 4.51. The molecule has 16 heavy (non-hydrogen) atoms. The molecule has 0 aliphatic heterocycles. The molecule has 1 aromatic rings. The summed E-state index contributed by atoms with van der Waals surface area (Å²) in [5, 5.41) is 21.6. The van der Waals surface area contributed by atoms with Crippen LogP contribution in [0.1, 0.15) is 24.8 Å². The molecule has 0 radical (unpaired) electrons. The number of unbranched alkanes of at least 4 members (excludes halogenated alkanes) is 2. The minimum Gasteiger partial charge on any atom is -0.506 e. The van der Waals surface area contributed by atoms with E-state index in [4.69, 9.17) is 5.11 Å². The van der Waals surface area contributed by atoms with Gasteiger partial charge in [0.15, 0.2) is 0 Å². The summed E-state index contributed by atoms with van der Waals surface area (Å²) in [5.74, 6) is 0.311. The molecule has 1 rings (SSSR count). The van der Waals surface area contributed by atoms with E-state index in [1.807, 2.05) is 18.2 Å². The van der Waals surface area contributed by atoms with Gasteiger partial charge in [-0.3, -0.25) is 0 Å². The Morgan fingerprint density at radius 3 is 2.75 bits per heavy atom. The van der Waals surface area contributed by atoms with Crippen molar-refractivity contribution in [2.75, 3.05) is 13.2 Å². The summed E-state index contributed by atoms with van der Waals surface area (Å²) in [6.07, 6.45) is 2.95. The number of nitrogens with one attached hydrogen (secondary N) is 1. The van der Waals surface area contributed by atoms with Gasteiger partial charge < -0.3 is 15.5 Å². The van der Waals surface area contributed by atoms with Crippen LogP contribution in [-0.2, 0) is 6.54 Å². The number of hydrogen-bond acceptors (Lipinski definition) is 3. The summed E-state index contributed by atoms with van der Waals surface area (Å²) >= 11 is 3.28. The molecule has 0 spiro atoms. The molecule has 90 valence electrons. The quantitative estimate of drug-likeness (QED) is 0.675. The molecule has 0 fully saturated rings. The predicted molar refractivity (Wildman–Crippen MR) is 68.5 cm³/mol. The Labute approximate surface area is 105 Å². The number of halogens is 1. The number of aliphatic hydroxyl groups excluding tert-OH is 1. The maximum absolute atomic E-state index is 9.72. The van der Waals surface area contributed by atoms with Crippen LogP contribution in [-0.4, -0.2) is 23.4 Å². The Kier molecular flexibility index (Phi) is 6.45. The summed E-state index contributed by atoms with van der Waals surface area (Å²) < 4.78 is 0.729. The van der Waals surface area contributed by atoms with E-state index in [0.717, 1.165) is 35.8 Å². The highest BCUT2D eigenvalue weighted by molar-refractivity contribution is 9.10. The Bertz CT molecular complexity index is 318. The van der Waals surface area contributed by atoms with Crippen molar-refractivity contribution in [2.45, 2.75) is 25.8 Å². The minimum absolute atomic E-state index is 0.270. The molecule has 0 heterocycles. The first-order valence-corrected chi connectivity index (χ1v) is 6.33. The van der Waals surface area contributed by atoms with Crippen LogP contribution in [0, 0.1) is 0 Å². The van der Waals surface area contributed by atoms with Crippen molar-refractivity contribution in [2.24, 2.45) is 0 Å². The lowest BCUT2D eigenvalue weighted by Gasteiger charge is -2.07. The summed E-state index contributed by atoms with van der Waals surface area (Å²) in [7, 11) is 0. The number of aromatic hydroxyl groups is 1. The fourth-order valence-electron chi connectivity index (χ4n) is 1.46. The van der Waals surface area contributed by atoms with Crippen molar-refractivity contribution in [3.05, 3.63) is 28.2 Å². The smallest absolute Gasteiger partial charge is 0.134 e. The largest absolute Gasteiger partial charge is 0.506 e. The SMILES string of the molecule is OCCCCCNCc1cccc(Br)c1O. The lowest BCUT2D eigenvalue weighted by molar-refractivity contribution is 0.283. The molecule has 3 N–H and O–H groups in total. The number of phenols is 1. The number of benzene rings is 1. The molecule has 0 aliphatic rings. The summed E-state index contributed by atoms with van der Waals surface area (Å²) in [6, 6.07) is 5.63. The number of rotatable bonds is 7. The zero-order chi connectivity index (χ0) is 11.8. The fourth-order valence-corrected chi connectivity index (χ4v) is 1.87. The normalized spacial score (nSPS) is 10.6. The zero-order valence-electron chi connectivity index (χ0n) is 9.25. The molecular formula is C12H18BrNO2. The van der Waals surface area contributed by atoms with E-state index in [-0.39, 0.29) is 6.61 Å². The van der Waals surface area contributed by atoms with E-state index in [2.05, 4.69) is 21.2 Å². The predicted octanol–water partition coefficient (Wildman–Crippen LogP) is 2.41. The van der Waals surface area contributed by atoms with Gasteiger partial charge in [0.05, 0.1) is 4.47 Å². The first-order valence-electron chi connectivity index (χ1n) is 5.53. The van der Waals surface area contributed by atoms with E-state index in [1.165, 1.54) is 0 Å². The van der Waals surface area contributed by atoms with E-state index >= 15 is 0 Å². The highest BCUT2D eigenvalue weighted by Crippen LogP contribution is 2.27. The topological polar surface area (TPSA) is 52.5 Å². The van der Waals surface area contributed by atoms with E-state index in [0.29, 0.717) is 12.3 Å². The van der Waals surface area contributed by atoms with Crippen molar-refractivity contribution >= 4 is 15.9 Å². The van der Waals surface area contributed by atoms with Crippen molar-refractivity contribution < 1.29 is 10.2 Å².